The molecule has 0 radical (unpaired) electrons. The molecule has 9 heteroatoms. The van der Waals surface area contributed by atoms with Crippen LogP contribution < -0.4 is 5.32 Å². The third-order valence-electron chi connectivity index (χ3n) is 2.38. The van der Waals surface area contributed by atoms with Crippen LogP contribution in [-0.2, 0) is 0 Å². The van der Waals surface area contributed by atoms with Gasteiger partial charge in [-0.25, -0.2) is 14.6 Å². The minimum atomic E-state index is -0.350. The Balaban J connectivity index is 1.75. The predicted molar refractivity (Wildman–Crippen MR) is 71.8 cm³/mol. The third-order valence-corrected chi connectivity index (χ3v) is 3.21. The zero-order chi connectivity index (χ0) is 13.9. The van der Waals surface area contributed by atoms with Crippen molar-refractivity contribution in [1.82, 2.24) is 29.9 Å². The van der Waals surface area contributed by atoms with Crippen molar-refractivity contribution in [3.63, 3.8) is 0 Å². The van der Waals surface area contributed by atoms with Gasteiger partial charge in [0.15, 0.2) is 16.6 Å². The first kappa shape index (κ1) is 12.4. The number of rotatable bonds is 3. The topological polar surface area (TPSA) is 98.5 Å². The molecule has 100 valence electrons. The van der Waals surface area contributed by atoms with E-state index in [0.717, 1.165) is 4.88 Å². The highest BCUT2D eigenvalue weighted by molar-refractivity contribution is 7.15. The molecule has 0 atom stereocenters. The lowest BCUT2D eigenvalue weighted by molar-refractivity contribution is 0.102. The van der Waals surface area contributed by atoms with Crippen molar-refractivity contribution in [3.05, 3.63) is 41.6 Å². The monoisotopic (exact) mass is 287 g/mol. The van der Waals surface area contributed by atoms with Gasteiger partial charge in [0.25, 0.3) is 5.91 Å². The minimum absolute atomic E-state index is 0.210. The first-order chi connectivity index (χ1) is 9.72. The average molecular weight is 287 g/mol. The summed E-state index contributed by atoms with van der Waals surface area (Å²) in [6.07, 6.45) is 4.59. The van der Waals surface area contributed by atoms with E-state index in [1.165, 1.54) is 28.7 Å². The van der Waals surface area contributed by atoms with Gasteiger partial charge in [-0.1, -0.05) is 0 Å². The van der Waals surface area contributed by atoms with Crippen molar-refractivity contribution in [2.75, 3.05) is 5.32 Å². The Kier molecular flexibility index (Phi) is 3.17. The second-order valence-electron chi connectivity index (χ2n) is 3.85. The van der Waals surface area contributed by atoms with Crippen LogP contribution in [0.4, 0.5) is 5.13 Å². The van der Waals surface area contributed by atoms with E-state index in [1.54, 1.807) is 18.3 Å². The average Bonchev–Trinajstić information content (AvgIpc) is 3.11. The second kappa shape index (κ2) is 5.13. The molecule has 0 unspecified atom stereocenters. The summed E-state index contributed by atoms with van der Waals surface area (Å²) in [6, 6.07) is 3.21. The number of hydrogen-bond donors (Lipinski definition) is 1. The highest BCUT2D eigenvalue weighted by atomic mass is 32.1. The summed E-state index contributed by atoms with van der Waals surface area (Å²) in [4.78, 5) is 20.8. The van der Waals surface area contributed by atoms with Crippen LogP contribution in [-0.4, -0.2) is 35.9 Å². The maximum absolute atomic E-state index is 11.9. The molecule has 0 aliphatic rings. The fraction of sp³-hybridized carbons (Fsp3) is 0.0909. The van der Waals surface area contributed by atoms with Crippen LogP contribution in [0.5, 0.6) is 0 Å². The van der Waals surface area contributed by atoms with Gasteiger partial charge in [0.05, 0.1) is 0 Å². The number of carbonyl (C=O) groups is 1. The van der Waals surface area contributed by atoms with E-state index < -0.39 is 0 Å². The van der Waals surface area contributed by atoms with Crippen molar-refractivity contribution in [2.45, 2.75) is 6.92 Å². The smallest absolute Gasteiger partial charge is 0.277 e. The Morgan fingerprint density at radius 1 is 1.35 bits per heavy atom. The number of carbonyl (C=O) groups excluding carboxylic acids is 1. The molecule has 0 saturated carbocycles. The van der Waals surface area contributed by atoms with Crippen LogP contribution in [0.2, 0.25) is 0 Å². The summed E-state index contributed by atoms with van der Waals surface area (Å²) < 4.78 is 1.46. The lowest BCUT2D eigenvalue weighted by Gasteiger charge is -2.01. The van der Waals surface area contributed by atoms with Crippen LogP contribution in [0.3, 0.4) is 0 Å². The molecule has 20 heavy (non-hydrogen) atoms. The van der Waals surface area contributed by atoms with Crippen molar-refractivity contribution in [2.24, 2.45) is 0 Å². The van der Waals surface area contributed by atoms with Gasteiger partial charge in [0.1, 0.15) is 12.7 Å². The number of nitrogens with one attached hydrogen (secondary N) is 1. The fourth-order valence-electron chi connectivity index (χ4n) is 1.47. The molecule has 8 nitrogen and oxygen atoms in total. The zero-order valence-corrected chi connectivity index (χ0v) is 11.2. The maximum atomic E-state index is 11.9. The third kappa shape index (κ3) is 2.52. The standard InChI is InChI=1S/C11H9N7OS/c1-7-4-13-11(20-7)15-10(19)8-2-3-9(17-16-8)18-6-12-5-14-18/h2-6H,1H3,(H,13,15,19). The van der Waals surface area contributed by atoms with Crippen LogP contribution in [0.1, 0.15) is 15.4 Å². The molecule has 3 aromatic rings. The van der Waals surface area contributed by atoms with Gasteiger partial charge >= 0.3 is 0 Å². The van der Waals surface area contributed by atoms with E-state index in [-0.39, 0.29) is 11.6 Å². The van der Waals surface area contributed by atoms with E-state index >= 15 is 0 Å². The Hall–Kier alpha value is -2.68. The zero-order valence-electron chi connectivity index (χ0n) is 10.4. The van der Waals surface area contributed by atoms with Crippen molar-refractivity contribution in [3.8, 4) is 5.82 Å². The van der Waals surface area contributed by atoms with E-state index in [9.17, 15) is 4.79 Å². The molecule has 1 amide bonds. The minimum Gasteiger partial charge on any atom is -0.296 e. The van der Waals surface area contributed by atoms with Crippen molar-refractivity contribution >= 4 is 22.4 Å². The molecule has 3 heterocycles. The van der Waals surface area contributed by atoms with Gasteiger partial charge in [0, 0.05) is 11.1 Å². The summed E-state index contributed by atoms with van der Waals surface area (Å²) >= 11 is 1.40. The summed E-state index contributed by atoms with van der Waals surface area (Å²) in [6.45, 7) is 1.92. The van der Waals surface area contributed by atoms with Crippen LogP contribution in [0.25, 0.3) is 5.82 Å². The van der Waals surface area contributed by atoms with E-state index in [1.807, 2.05) is 6.92 Å². The molecule has 0 aliphatic carbocycles. The van der Waals surface area contributed by atoms with Gasteiger partial charge in [-0.05, 0) is 19.1 Å². The number of amides is 1. The Morgan fingerprint density at radius 3 is 2.85 bits per heavy atom. The van der Waals surface area contributed by atoms with Gasteiger partial charge in [-0.3, -0.25) is 10.1 Å². The van der Waals surface area contributed by atoms with Gasteiger partial charge < -0.3 is 0 Å². The normalized spacial score (nSPS) is 10.4. The van der Waals surface area contributed by atoms with Crippen LogP contribution in [0.15, 0.2) is 31.0 Å². The number of hydrogen-bond acceptors (Lipinski definition) is 7. The summed E-state index contributed by atoms with van der Waals surface area (Å²) in [7, 11) is 0. The van der Waals surface area contributed by atoms with Crippen molar-refractivity contribution in [1.29, 1.82) is 0 Å². The molecule has 0 spiro atoms. The largest absolute Gasteiger partial charge is 0.296 e. The number of aromatic nitrogens is 6. The van der Waals surface area contributed by atoms with Crippen LogP contribution >= 0.6 is 11.3 Å². The fourth-order valence-corrected chi connectivity index (χ4v) is 2.13. The predicted octanol–water partition coefficient (Wildman–Crippen LogP) is 1.07. The molecular weight excluding hydrogens is 278 g/mol. The van der Waals surface area contributed by atoms with Gasteiger partial charge in [-0.15, -0.1) is 21.5 Å². The second-order valence-corrected chi connectivity index (χ2v) is 5.08. The van der Waals surface area contributed by atoms with Gasteiger partial charge in [-0.2, -0.15) is 5.10 Å². The number of thiazole rings is 1. The van der Waals surface area contributed by atoms with E-state index in [0.29, 0.717) is 10.9 Å². The molecular formula is C11H9N7OS. The Bertz CT molecular complexity index is 720. The highest BCUT2D eigenvalue weighted by Crippen LogP contribution is 2.17. The summed E-state index contributed by atoms with van der Waals surface area (Å²) in [5.74, 6) is 0.140. The maximum Gasteiger partial charge on any atom is 0.277 e. The first-order valence-corrected chi connectivity index (χ1v) is 6.46. The SMILES string of the molecule is Cc1cnc(NC(=O)c2ccc(-n3cncn3)nn2)s1. The first-order valence-electron chi connectivity index (χ1n) is 5.65. The summed E-state index contributed by atoms with van der Waals surface area (Å²) in [5, 5.41) is 14.9. The Labute approximate surface area is 117 Å². The molecule has 0 saturated heterocycles. The van der Waals surface area contributed by atoms with Crippen LogP contribution in [0, 0.1) is 6.92 Å². The summed E-state index contributed by atoms with van der Waals surface area (Å²) in [5.41, 5.74) is 0.210. The highest BCUT2D eigenvalue weighted by Gasteiger charge is 2.11. The van der Waals surface area contributed by atoms with Crippen molar-refractivity contribution < 1.29 is 4.79 Å². The molecule has 1 N–H and O–H groups in total. The van der Waals surface area contributed by atoms with Gasteiger partial charge in [0.2, 0.25) is 0 Å². The Morgan fingerprint density at radius 2 is 2.25 bits per heavy atom. The quantitative estimate of drug-likeness (QED) is 0.773. The molecule has 0 aliphatic heterocycles. The van der Waals surface area contributed by atoms with E-state index in [4.69, 9.17) is 0 Å². The number of aryl methyl sites for hydroxylation is 1. The lowest BCUT2D eigenvalue weighted by atomic mass is 10.3. The number of nitrogens with zero attached hydrogens (tertiary/aromatic N) is 6. The van der Waals surface area contributed by atoms with E-state index in [2.05, 4.69) is 30.6 Å². The molecule has 3 aromatic heterocycles. The molecule has 0 bridgehead atoms. The molecule has 3 rings (SSSR count). The lowest BCUT2D eigenvalue weighted by Crippen LogP contribution is -2.14. The number of anilines is 1. The molecule has 0 aromatic carbocycles. The molecule has 0 fully saturated rings.